The molecule has 0 amide bonds. The molecule has 2 aromatic rings. The van der Waals surface area contributed by atoms with Crippen LogP contribution >= 0.6 is 15.9 Å². The molecule has 3 N–H and O–H groups in total. The molecule has 1 aromatic carbocycles. The van der Waals surface area contributed by atoms with Gasteiger partial charge in [-0.1, -0.05) is 22.0 Å². The van der Waals surface area contributed by atoms with Crippen LogP contribution in [0.2, 0.25) is 0 Å². The van der Waals surface area contributed by atoms with Gasteiger partial charge < -0.3 is 15.4 Å². The van der Waals surface area contributed by atoms with Crippen molar-refractivity contribution < 1.29 is 9.90 Å². The van der Waals surface area contributed by atoms with Gasteiger partial charge in [0.05, 0.1) is 0 Å². The lowest BCUT2D eigenvalue weighted by molar-refractivity contribution is -0.138. The van der Waals surface area contributed by atoms with E-state index in [1.54, 1.807) is 0 Å². The molecule has 1 atom stereocenters. The Morgan fingerprint density at radius 3 is 2.83 bits per heavy atom. The van der Waals surface area contributed by atoms with Gasteiger partial charge in [-0.2, -0.15) is 0 Å². The van der Waals surface area contributed by atoms with E-state index in [1.807, 2.05) is 32.2 Å². The zero-order chi connectivity index (χ0) is 13.4. The highest BCUT2D eigenvalue weighted by Gasteiger charge is 2.18. The van der Waals surface area contributed by atoms with Crippen molar-refractivity contribution >= 4 is 32.8 Å². The fourth-order valence-corrected chi connectivity index (χ4v) is 2.53. The van der Waals surface area contributed by atoms with Gasteiger partial charge in [-0.3, -0.25) is 4.79 Å². The number of aryl methyl sites for hydroxylation is 1. The van der Waals surface area contributed by atoms with Crippen LogP contribution in [0.25, 0.3) is 10.9 Å². The number of fused-ring (bicyclic) bond motifs is 1. The Hall–Kier alpha value is -1.33. The van der Waals surface area contributed by atoms with Crippen molar-refractivity contribution in [2.75, 3.05) is 0 Å². The maximum Gasteiger partial charge on any atom is 0.320 e. The summed E-state index contributed by atoms with van der Waals surface area (Å²) in [6.07, 6.45) is 0.347. The van der Waals surface area contributed by atoms with E-state index in [1.165, 1.54) is 0 Å². The second-order valence-electron chi connectivity index (χ2n) is 4.43. The summed E-state index contributed by atoms with van der Waals surface area (Å²) in [6.45, 7) is 1.98. The Bertz CT molecular complexity index is 619. The van der Waals surface area contributed by atoms with Gasteiger partial charge in [0.2, 0.25) is 0 Å². The molecule has 4 nitrogen and oxygen atoms in total. The second kappa shape index (κ2) is 4.74. The summed E-state index contributed by atoms with van der Waals surface area (Å²) in [7, 11) is 1.97. The molecule has 0 saturated heterocycles. The van der Waals surface area contributed by atoms with Crippen LogP contribution in [0.1, 0.15) is 11.3 Å². The molecular formula is C13H15BrN2O2. The first-order chi connectivity index (χ1) is 8.41. The highest BCUT2D eigenvalue weighted by atomic mass is 79.9. The normalized spacial score (nSPS) is 12.9. The Morgan fingerprint density at radius 1 is 1.56 bits per heavy atom. The molecule has 0 aliphatic rings. The maximum atomic E-state index is 10.9. The lowest BCUT2D eigenvalue weighted by Gasteiger charge is -2.07. The number of carbonyl (C=O) groups is 1. The summed E-state index contributed by atoms with van der Waals surface area (Å²) in [6, 6.07) is 5.12. The first kappa shape index (κ1) is 13.1. The zero-order valence-corrected chi connectivity index (χ0v) is 11.9. The molecule has 0 spiro atoms. The van der Waals surface area contributed by atoms with E-state index in [2.05, 4.69) is 20.5 Å². The van der Waals surface area contributed by atoms with E-state index in [-0.39, 0.29) is 0 Å². The van der Waals surface area contributed by atoms with Crippen molar-refractivity contribution in [3.05, 3.63) is 33.9 Å². The summed E-state index contributed by atoms with van der Waals surface area (Å²) < 4.78 is 3.06. The molecule has 0 aliphatic heterocycles. The molecule has 0 fully saturated rings. The van der Waals surface area contributed by atoms with E-state index in [0.29, 0.717) is 6.42 Å². The van der Waals surface area contributed by atoms with E-state index in [4.69, 9.17) is 10.8 Å². The zero-order valence-electron chi connectivity index (χ0n) is 10.3. The van der Waals surface area contributed by atoms with Crippen molar-refractivity contribution in [1.29, 1.82) is 0 Å². The number of nitrogens with two attached hydrogens (primary N) is 1. The summed E-state index contributed by atoms with van der Waals surface area (Å²) in [5.74, 6) is -0.969. The molecule has 1 heterocycles. The highest BCUT2D eigenvalue weighted by Crippen LogP contribution is 2.28. The topological polar surface area (TPSA) is 68.2 Å². The number of carboxylic acids is 1. The molecule has 1 aromatic heterocycles. The lowest BCUT2D eigenvalue weighted by atomic mass is 10.0. The second-order valence-corrected chi connectivity index (χ2v) is 5.35. The summed E-state index contributed by atoms with van der Waals surface area (Å²) in [5.41, 5.74) is 8.77. The number of aromatic nitrogens is 1. The summed E-state index contributed by atoms with van der Waals surface area (Å²) in [5, 5.41) is 9.98. The first-order valence-electron chi connectivity index (χ1n) is 5.63. The summed E-state index contributed by atoms with van der Waals surface area (Å²) in [4.78, 5) is 10.9. The number of nitrogens with zero attached hydrogens (tertiary/aromatic N) is 1. The van der Waals surface area contributed by atoms with Crippen molar-refractivity contribution in [1.82, 2.24) is 4.57 Å². The Morgan fingerprint density at radius 2 is 2.22 bits per heavy atom. The smallest absolute Gasteiger partial charge is 0.320 e. The van der Waals surface area contributed by atoms with Gasteiger partial charge in [-0.05, 0) is 24.6 Å². The third-order valence-electron chi connectivity index (χ3n) is 3.33. The predicted molar refractivity (Wildman–Crippen MR) is 74.7 cm³/mol. The fourth-order valence-electron chi connectivity index (χ4n) is 2.18. The van der Waals surface area contributed by atoms with Crippen molar-refractivity contribution in [3.8, 4) is 0 Å². The molecule has 0 radical (unpaired) electrons. The van der Waals surface area contributed by atoms with Gasteiger partial charge in [-0.15, -0.1) is 0 Å². The Balaban J connectivity index is 2.57. The number of hydrogen-bond donors (Lipinski definition) is 2. The van der Waals surface area contributed by atoms with Gasteiger partial charge in [0.15, 0.2) is 0 Å². The minimum atomic E-state index is -0.969. The third-order valence-corrected chi connectivity index (χ3v) is 3.82. The van der Waals surface area contributed by atoms with Gasteiger partial charge >= 0.3 is 5.97 Å². The third kappa shape index (κ3) is 2.15. The van der Waals surface area contributed by atoms with E-state index in [0.717, 1.165) is 26.6 Å². The van der Waals surface area contributed by atoms with E-state index in [9.17, 15) is 4.79 Å². The maximum absolute atomic E-state index is 10.9. The molecule has 0 aliphatic carbocycles. The minimum absolute atomic E-state index is 0.347. The minimum Gasteiger partial charge on any atom is -0.480 e. The van der Waals surface area contributed by atoms with E-state index >= 15 is 0 Å². The van der Waals surface area contributed by atoms with Crippen molar-refractivity contribution in [3.63, 3.8) is 0 Å². The Kier molecular flexibility index (Phi) is 3.45. The van der Waals surface area contributed by atoms with Crippen molar-refractivity contribution in [2.45, 2.75) is 19.4 Å². The standard InChI is InChI=1S/C13H15BrN2O2/c1-7-10(6-11(15)13(17)18)9-4-3-8(14)5-12(9)16(7)2/h3-5,11H,6,15H2,1-2H3,(H,17,18). The van der Waals surface area contributed by atoms with Gasteiger partial charge in [0.25, 0.3) is 0 Å². The summed E-state index contributed by atoms with van der Waals surface area (Å²) >= 11 is 3.44. The molecule has 5 heteroatoms. The van der Waals surface area contributed by atoms with Crippen molar-refractivity contribution in [2.24, 2.45) is 12.8 Å². The van der Waals surface area contributed by atoms with Crippen LogP contribution in [0.5, 0.6) is 0 Å². The largest absolute Gasteiger partial charge is 0.480 e. The van der Waals surface area contributed by atoms with Crippen LogP contribution < -0.4 is 5.73 Å². The highest BCUT2D eigenvalue weighted by molar-refractivity contribution is 9.10. The molecule has 1 unspecified atom stereocenters. The molecule has 18 heavy (non-hydrogen) atoms. The molecular weight excluding hydrogens is 296 g/mol. The number of aliphatic carboxylic acids is 1. The lowest BCUT2D eigenvalue weighted by Crippen LogP contribution is -2.32. The van der Waals surface area contributed by atoms with Crippen LogP contribution in [0.3, 0.4) is 0 Å². The van der Waals surface area contributed by atoms with Crippen LogP contribution in [-0.2, 0) is 18.3 Å². The van der Waals surface area contributed by atoms with Gasteiger partial charge in [0, 0.05) is 34.5 Å². The number of hydrogen-bond acceptors (Lipinski definition) is 2. The average Bonchev–Trinajstić information content (AvgIpc) is 2.54. The number of rotatable bonds is 3. The predicted octanol–water partition coefficient (Wildman–Crippen LogP) is 2.20. The molecule has 96 valence electrons. The van der Waals surface area contributed by atoms with Gasteiger partial charge in [0.1, 0.15) is 6.04 Å². The Labute approximate surface area is 114 Å². The molecule has 0 bridgehead atoms. The van der Waals surface area contributed by atoms with E-state index < -0.39 is 12.0 Å². The average molecular weight is 311 g/mol. The van der Waals surface area contributed by atoms with Gasteiger partial charge in [-0.25, -0.2) is 0 Å². The number of carboxylic acid groups (broad SMARTS) is 1. The fraction of sp³-hybridized carbons (Fsp3) is 0.308. The first-order valence-corrected chi connectivity index (χ1v) is 6.43. The van der Waals surface area contributed by atoms with Crippen LogP contribution in [0, 0.1) is 6.92 Å². The number of halogens is 1. The van der Waals surface area contributed by atoms with Crippen LogP contribution in [0.4, 0.5) is 0 Å². The molecule has 0 saturated carbocycles. The SMILES string of the molecule is Cc1c(CC(N)C(=O)O)c2ccc(Br)cc2n1C. The van der Waals surface area contributed by atoms with Crippen LogP contribution in [0.15, 0.2) is 22.7 Å². The quantitative estimate of drug-likeness (QED) is 0.913. The number of benzene rings is 1. The monoisotopic (exact) mass is 310 g/mol. The molecule has 2 rings (SSSR count). The van der Waals surface area contributed by atoms with Crippen LogP contribution in [-0.4, -0.2) is 21.7 Å².